The average Bonchev–Trinajstić information content (AvgIpc) is 3.12. The Morgan fingerprint density at radius 2 is 1.83 bits per heavy atom. The Bertz CT molecular complexity index is 874. The van der Waals surface area contributed by atoms with Crippen molar-refractivity contribution in [2.75, 3.05) is 45.8 Å². The number of amides is 2. The lowest BCUT2D eigenvalue weighted by atomic mass is 9.98. The molecule has 0 aromatic heterocycles. The van der Waals surface area contributed by atoms with E-state index in [4.69, 9.17) is 0 Å². The first-order valence-corrected chi connectivity index (χ1v) is 10.8. The summed E-state index contributed by atoms with van der Waals surface area (Å²) in [4.78, 5) is 35.6. The summed E-state index contributed by atoms with van der Waals surface area (Å²) in [6, 6.07) is 6.06. The minimum Gasteiger partial charge on any atom is -0.317 e. The molecule has 1 aromatic carbocycles. The van der Waals surface area contributed by atoms with Gasteiger partial charge in [0.2, 0.25) is 0 Å². The number of hydrogen-bond acceptors (Lipinski definition) is 4. The van der Waals surface area contributed by atoms with Gasteiger partial charge in [-0.2, -0.15) is 4.99 Å². The summed E-state index contributed by atoms with van der Waals surface area (Å²) in [5, 5.41) is 0. The van der Waals surface area contributed by atoms with Gasteiger partial charge in [-0.3, -0.25) is 9.69 Å². The van der Waals surface area contributed by atoms with Crippen LogP contribution < -0.4 is 0 Å². The van der Waals surface area contributed by atoms with Gasteiger partial charge in [-0.15, -0.1) is 0 Å². The van der Waals surface area contributed by atoms with Crippen molar-refractivity contribution in [2.45, 2.75) is 33.2 Å². The van der Waals surface area contributed by atoms with Crippen LogP contribution in [0.5, 0.6) is 0 Å². The molecule has 1 aliphatic carbocycles. The molecule has 2 amide bonds. The number of likely N-dealkylation sites (N-methyl/N-ethyl adjacent to an activating group) is 1. The van der Waals surface area contributed by atoms with E-state index in [1.165, 1.54) is 12.0 Å². The van der Waals surface area contributed by atoms with Crippen LogP contribution in [0, 0.1) is 0 Å². The SMILES string of the molecule is CCN1CCCN(Cc2cccc3c2/C(=C/C2=NC(=O)N(CC)C2)C(=O)C3)CC1. The Kier molecular flexibility index (Phi) is 5.92. The van der Waals surface area contributed by atoms with E-state index in [0.717, 1.165) is 56.0 Å². The van der Waals surface area contributed by atoms with Crippen molar-refractivity contribution in [1.82, 2.24) is 14.7 Å². The smallest absolute Gasteiger partial charge is 0.317 e. The minimum atomic E-state index is -0.205. The van der Waals surface area contributed by atoms with Gasteiger partial charge >= 0.3 is 6.03 Å². The highest BCUT2D eigenvalue weighted by Crippen LogP contribution is 2.33. The molecule has 0 atom stereocenters. The lowest BCUT2D eigenvalue weighted by molar-refractivity contribution is -0.112. The van der Waals surface area contributed by atoms with Crippen molar-refractivity contribution in [3.8, 4) is 0 Å². The standard InChI is InChI=1S/C23H30N4O2/c1-3-25-9-6-10-26(12-11-25)15-18-8-5-7-17-13-21(28)20(22(17)18)14-19-16-27(4-2)23(29)24-19/h5,7-8,14H,3-4,6,9-13,15-16H2,1-2H3/b20-14+. The third-order valence-corrected chi connectivity index (χ3v) is 6.24. The number of fused-ring (bicyclic) bond motifs is 1. The fraction of sp³-hybridized carbons (Fsp3) is 0.522. The molecule has 1 saturated heterocycles. The maximum Gasteiger partial charge on any atom is 0.344 e. The minimum absolute atomic E-state index is 0.130. The Morgan fingerprint density at radius 3 is 2.59 bits per heavy atom. The van der Waals surface area contributed by atoms with E-state index in [1.54, 1.807) is 4.90 Å². The molecule has 0 unspecified atom stereocenters. The summed E-state index contributed by atoms with van der Waals surface area (Å²) in [6.07, 6.45) is 3.47. The third kappa shape index (κ3) is 4.19. The van der Waals surface area contributed by atoms with E-state index in [9.17, 15) is 9.59 Å². The third-order valence-electron chi connectivity index (χ3n) is 6.24. The first kappa shape index (κ1) is 20.0. The van der Waals surface area contributed by atoms with Gasteiger partial charge in [-0.25, -0.2) is 4.79 Å². The predicted molar refractivity (Wildman–Crippen MR) is 115 cm³/mol. The Labute approximate surface area is 172 Å². The molecule has 0 N–H and O–H groups in total. The molecule has 0 saturated carbocycles. The van der Waals surface area contributed by atoms with E-state index in [0.29, 0.717) is 25.2 Å². The fourth-order valence-electron chi connectivity index (χ4n) is 4.56. The summed E-state index contributed by atoms with van der Waals surface area (Å²) in [7, 11) is 0. The van der Waals surface area contributed by atoms with Crippen molar-refractivity contribution in [3.05, 3.63) is 41.0 Å². The van der Waals surface area contributed by atoms with E-state index in [-0.39, 0.29) is 11.8 Å². The van der Waals surface area contributed by atoms with Crippen LogP contribution in [0.3, 0.4) is 0 Å². The van der Waals surface area contributed by atoms with Crippen LogP contribution in [-0.2, 0) is 17.8 Å². The molecule has 0 spiro atoms. The highest BCUT2D eigenvalue weighted by atomic mass is 16.2. The monoisotopic (exact) mass is 394 g/mol. The second-order valence-electron chi connectivity index (χ2n) is 8.07. The fourth-order valence-corrected chi connectivity index (χ4v) is 4.56. The molecule has 0 bridgehead atoms. The molecule has 29 heavy (non-hydrogen) atoms. The van der Waals surface area contributed by atoms with Gasteiger partial charge in [0, 0.05) is 38.2 Å². The molecular formula is C23H30N4O2. The van der Waals surface area contributed by atoms with Crippen LogP contribution >= 0.6 is 0 Å². The maximum atomic E-state index is 12.8. The van der Waals surface area contributed by atoms with Crippen LogP contribution in [0.4, 0.5) is 4.79 Å². The van der Waals surface area contributed by atoms with Crippen LogP contribution in [0.25, 0.3) is 5.57 Å². The van der Waals surface area contributed by atoms with Gasteiger partial charge in [-0.1, -0.05) is 25.1 Å². The Morgan fingerprint density at radius 1 is 1.03 bits per heavy atom. The number of ketones is 1. The topological polar surface area (TPSA) is 56.2 Å². The summed E-state index contributed by atoms with van der Waals surface area (Å²) < 4.78 is 0. The lowest BCUT2D eigenvalue weighted by Gasteiger charge is -2.22. The van der Waals surface area contributed by atoms with Crippen LogP contribution in [0.1, 0.15) is 37.0 Å². The highest BCUT2D eigenvalue weighted by Gasteiger charge is 2.29. The Hall–Kier alpha value is -2.31. The van der Waals surface area contributed by atoms with Gasteiger partial charge in [0.15, 0.2) is 5.78 Å². The molecule has 3 aliphatic rings. The molecular weight excluding hydrogens is 364 g/mol. The van der Waals surface area contributed by atoms with Crippen LogP contribution in [0.2, 0.25) is 0 Å². The second kappa shape index (κ2) is 8.59. The van der Waals surface area contributed by atoms with Crippen molar-refractivity contribution in [1.29, 1.82) is 0 Å². The second-order valence-corrected chi connectivity index (χ2v) is 8.07. The van der Waals surface area contributed by atoms with Gasteiger partial charge in [-0.05, 0) is 55.7 Å². The van der Waals surface area contributed by atoms with Crippen molar-refractivity contribution < 1.29 is 9.59 Å². The number of rotatable bonds is 5. The zero-order valence-corrected chi connectivity index (χ0v) is 17.5. The molecule has 1 aromatic rings. The van der Waals surface area contributed by atoms with Gasteiger partial charge in [0.1, 0.15) is 0 Å². The van der Waals surface area contributed by atoms with Crippen molar-refractivity contribution >= 4 is 23.1 Å². The van der Waals surface area contributed by atoms with Gasteiger partial charge in [0.25, 0.3) is 0 Å². The molecule has 2 aliphatic heterocycles. The summed E-state index contributed by atoms with van der Waals surface area (Å²) >= 11 is 0. The van der Waals surface area contributed by atoms with Crippen molar-refractivity contribution in [3.63, 3.8) is 0 Å². The first-order valence-electron chi connectivity index (χ1n) is 10.8. The number of hydrogen-bond donors (Lipinski definition) is 0. The summed E-state index contributed by atoms with van der Waals surface area (Å²) in [5.74, 6) is 0.130. The van der Waals surface area contributed by atoms with Crippen molar-refractivity contribution in [2.24, 2.45) is 4.99 Å². The number of urea groups is 1. The highest BCUT2D eigenvalue weighted by molar-refractivity contribution is 6.30. The zero-order chi connectivity index (χ0) is 20.4. The van der Waals surface area contributed by atoms with Gasteiger partial charge in [0.05, 0.1) is 12.3 Å². The first-order chi connectivity index (χ1) is 14.1. The van der Waals surface area contributed by atoms with Gasteiger partial charge < -0.3 is 9.80 Å². The summed E-state index contributed by atoms with van der Waals surface area (Å²) in [5.41, 5.74) is 4.79. The zero-order valence-electron chi connectivity index (χ0n) is 17.5. The molecule has 0 radical (unpaired) electrons. The number of benzene rings is 1. The number of carbonyl (C=O) groups excluding carboxylic acids is 2. The van der Waals surface area contributed by atoms with Crippen LogP contribution in [0.15, 0.2) is 29.3 Å². The molecule has 154 valence electrons. The van der Waals surface area contributed by atoms with Crippen LogP contribution in [-0.4, -0.2) is 78.0 Å². The number of carbonyl (C=O) groups is 2. The number of Topliss-reactive ketones (excluding diaryl/α,β-unsaturated/α-hetero) is 1. The molecule has 6 nitrogen and oxygen atoms in total. The Balaban J connectivity index is 1.59. The predicted octanol–water partition coefficient (Wildman–Crippen LogP) is 2.62. The van der Waals surface area contributed by atoms with E-state index >= 15 is 0 Å². The number of aliphatic imine (C=N–C) groups is 1. The molecule has 2 heterocycles. The number of nitrogens with zero attached hydrogens (tertiary/aromatic N) is 4. The average molecular weight is 395 g/mol. The van der Waals surface area contributed by atoms with E-state index < -0.39 is 0 Å². The lowest BCUT2D eigenvalue weighted by Crippen LogP contribution is -2.30. The molecule has 1 fully saturated rings. The number of allylic oxidation sites excluding steroid dienone is 1. The maximum absolute atomic E-state index is 12.8. The normalized spacial score (nSPS) is 22.3. The molecule has 4 rings (SSSR count). The van der Waals surface area contributed by atoms with E-state index in [1.807, 2.05) is 13.0 Å². The quantitative estimate of drug-likeness (QED) is 0.721. The molecule has 6 heteroatoms. The largest absolute Gasteiger partial charge is 0.344 e. The summed E-state index contributed by atoms with van der Waals surface area (Å²) in [6.45, 7) is 11.6. The van der Waals surface area contributed by atoms with E-state index in [2.05, 4.69) is 39.9 Å².